The standard InChI is InChI=1S/C24H21N3O4/c1-28-18-10-8-15(12-21(18)29-2)23-16-11-14(7-9-17(16)26-24(25)27-23)22-13-30-19-5-3-4-6-20(19)31-22/h3-12,22H,13H2,1-2H3,(H2,25,26,27). The van der Waals surface area contributed by atoms with Gasteiger partial charge in [0.1, 0.15) is 6.61 Å². The van der Waals surface area contributed by atoms with Crippen molar-refractivity contribution in [1.82, 2.24) is 9.97 Å². The average Bonchev–Trinajstić information content (AvgIpc) is 2.82. The summed E-state index contributed by atoms with van der Waals surface area (Å²) in [5.74, 6) is 2.94. The fourth-order valence-electron chi connectivity index (χ4n) is 3.75. The zero-order valence-corrected chi connectivity index (χ0v) is 17.2. The van der Waals surface area contributed by atoms with Crippen LogP contribution in [0.25, 0.3) is 22.2 Å². The van der Waals surface area contributed by atoms with Gasteiger partial charge < -0.3 is 24.7 Å². The van der Waals surface area contributed by atoms with E-state index >= 15 is 0 Å². The first-order valence-corrected chi connectivity index (χ1v) is 9.84. The van der Waals surface area contributed by atoms with Crippen LogP contribution in [-0.4, -0.2) is 30.8 Å². The summed E-state index contributed by atoms with van der Waals surface area (Å²) in [5.41, 5.74) is 9.28. The second-order valence-electron chi connectivity index (χ2n) is 7.14. The van der Waals surface area contributed by atoms with E-state index in [1.807, 2.05) is 60.7 Å². The smallest absolute Gasteiger partial charge is 0.221 e. The second-order valence-corrected chi connectivity index (χ2v) is 7.14. The topological polar surface area (TPSA) is 88.7 Å². The van der Waals surface area contributed by atoms with Gasteiger partial charge in [0.05, 0.1) is 25.4 Å². The second kappa shape index (κ2) is 7.68. The Morgan fingerprint density at radius 3 is 2.52 bits per heavy atom. The van der Waals surface area contributed by atoms with Gasteiger partial charge in [-0.15, -0.1) is 0 Å². The molecule has 2 heterocycles. The van der Waals surface area contributed by atoms with E-state index in [9.17, 15) is 0 Å². The Labute approximate surface area is 179 Å². The van der Waals surface area contributed by atoms with Gasteiger partial charge in [0.2, 0.25) is 5.95 Å². The molecule has 5 rings (SSSR count). The average molecular weight is 415 g/mol. The van der Waals surface area contributed by atoms with E-state index in [-0.39, 0.29) is 12.1 Å². The molecule has 0 saturated carbocycles. The number of aromatic nitrogens is 2. The molecular formula is C24H21N3O4. The van der Waals surface area contributed by atoms with Crippen molar-refractivity contribution in [3.05, 3.63) is 66.2 Å². The predicted octanol–water partition coefficient (Wildman–Crippen LogP) is 4.41. The Morgan fingerprint density at radius 2 is 1.71 bits per heavy atom. The molecule has 1 aromatic heterocycles. The van der Waals surface area contributed by atoms with Gasteiger partial charge in [0.15, 0.2) is 29.1 Å². The van der Waals surface area contributed by atoms with Crippen LogP contribution in [0.3, 0.4) is 0 Å². The fraction of sp³-hybridized carbons (Fsp3) is 0.167. The van der Waals surface area contributed by atoms with Crippen LogP contribution in [0, 0.1) is 0 Å². The SMILES string of the molecule is COc1ccc(-c2nc(N)nc3ccc(C4COc5ccccc5O4)cc23)cc1OC. The van der Waals surface area contributed by atoms with Crippen molar-refractivity contribution in [3.63, 3.8) is 0 Å². The quantitative estimate of drug-likeness (QED) is 0.528. The third-order valence-corrected chi connectivity index (χ3v) is 5.27. The number of methoxy groups -OCH3 is 2. The molecule has 0 fully saturated rings. The minimum Gasteiger partial charge on any atom is -0.493 e. The molecule has 0 aliphatic carbocycles. The molecule has 31 heavy (non-hydrogen) atoms. The summed E-state index contributed by atoms with van der Waals surface area (Å²) in [6.07, 6.45) is -0.241. The van der Waals surface area contributed by atoms with Crippen LogP contribution in [-0.2, 0) is 0 Å². The van der Waals surface area contributed by atoms with Crippen molar-refractivity contribution >= 4 is 16.9 Å². The normalized spacial score (nSPS) is 15.0. The first kappa shape index (κ1) is 19.0. The molecular weight excluding hydrogens is 394 g/mol. The van der Waals surface area contributed by atoms with Gasteiger partial charge >= 0.3 is 0 Å². The van der Waals surface area contributed by atoms with E-state index in [0.717, 1.165) is 33.5 Å². The lowest BCUT2D eigenvalue weighted by molar-refractivity contribution is 0.0914. The summed E-state index contributed by atoms with van der Waals surface area (Å²) in [5, 5.41) is 0.862. The van der Waals surface area contributed by atoms with Gasteiger partial charge in [-0.2, -0.15) is 0 Å². The first-order chi connectivity index (χ1) is 15.2. The third-order valence-electron chi connectivity index (χ3n) is 5.27. The number of nitrogens with zero attached hydrogens (tertiary/aromatic N) is 2. The molecule has 1 atom stereocenters. The molecule has 7 heteroatoms. The van der Waals surface area contributed by atoms with Gasteiger partial charge in [-0.1, -0.05) is 18.2 Å². The van der Waals surface area contributed by atoms with Crippen LogP contribution in [0.5, 0.6) is 23.0 Å². The van der Waals surface area contributed by atoms with Crippen molar-refractivity contribution in [2.45, 2.75) is 6.10 Å². The van der Waals surface area contributed by atoms with Gasteiger partial charge in [0.25, 0.3) is 0 Å². The summed E-state index contributed by atoms with van der Waals surface area (Å²) < 4.78 is 22.9. The molecule has 0 bridgehead atoms. The van der Waals surface area contributed by atoms with Crippen molar-refractivity contribution in [1.29, 1.82) is 0 Å². The van der Waals surface area contributed by atoms with Gasteiger partial charge in [-0.3, -0.25) is 0 Å². The maximum absolute atomic E-state index is 6.18. The number of fused-ring (bicyclic) bond motifs is 2. The predicted molar refractivity (Wildman–Crippen MR) is 118 cm³/mol. The highest BCUT2D eigenvalue weighted by Crippen LogP contribution is 2.38. The molecule has 2 N–H and O–H groups in total. The monoisotopic (exact) mass is 415 g/mol. The van der Waals surface area contributed by atoms with Gasteiger partial charge in [-0.25, -0.2) is 9.97 Å². The maximum atomic E-state index is 6.18. The largest absolute Gasteiger partial charge is 0.493 e. The zero-order valence-electron chi connectivity index (χ0n) is 17.2. The number of nitrogens with two attached hydrogens (primary N) is 1. The number of para-hydroxylation sites is 2. The molecule has 1 aliphatic heterocycles. The van der Waals surface area contributed by atoms with Crippen LogP contribution < -0.4 is 24.7 Å². The van der Waals surface area contributed by atoms with E-state index in [0.29, 0.717) is 23.8 Å². The molecule has 3 aromatic carbocycles. The molecule has 1 aliphatic rings. The molecule has 0 saturated heterocycles. The van der Waals surface area contributed by atoms with E-state index in [1.165, 1.54) is 0 Å². The summed E-state index contributed by atoms with van der Waals surface area (Å²) in [6, 6.07) is 19.2. The zero-order chi connectivity index (χ0) is 21.4. The van der Waals surface area contributed by atoms with Crippen LogP contribution in [0.1, 0.15) is 11.7 Å². The summed E-state index contributed by atoms with van der Waals surface area (Å²) in [6.45, 7) is 0.421. The molecule has 0 amide bonds. The van der Waals surface area contributed by atoms with Crippen LogP contribution in [0.2, 0.25) is 0 Å². The van der Waals surface area contributed by atoms with Crippen LogP contribution >= 0.6 is 0 Å². The van der Waals surface area contributed by atoms with Crippen molar-refractivity contribution in [3.8, 4) is 34.3 Å². The Balaban J connectivity index is 1.60. The maximum Gasteiger partial charge on any atom is 0.221 e. The van der Waals surface area contributed by atoms with E-state index in [1.54, 1.807) is 14.2 Å². The van der Waals surface area contributed by atoms with Gasteiger partial charge in [0, 0.05) is 10.9 Å². The number of nitrogen functional groups attached to an aromatic ring is 1. The van der Waals surface area contributed by atoms with E-state index in [2.05, 4.69) is 9.97 Å². The lowest BCUT2D eigenvalue weighted by Gasteiger charge is -2.27. The Kier molecular flexibility index (Phi) is 4.71. The Morgan fingerprint density at radius 1 is 0.903 bits per heavy atom. The van der Waals surface area contributed by atoms with Crippen LogP contribution in [0.4, 0.5) is 5.95 Å². The number of ether oxygens (including phenoxy) is 4. The molecule has 0 spiro atoms. The minimum absolute atomic E-state index is 0.205. The number of hydrogen-bond donors (Lipinski definition) is 1. The van der Waals surface area contributed by atoms with Crippen molar-refractivity contribution < 1.29 is 18.9 Å². The number of benzene rings is 3. The lowest BCUT2D eigenvalue weighted by atomic mass is 10.0. The molecule has 7 nitrogen and oxygen atoms in total. The summed E-state index contributed by atoms with van der Waals surface area (Å²) in [7, 11) is 3.21. The van der Waals surface area contributed by atoms with E-state index < -0.39 is 0 Å². The van der Waals surface area contributed by atoms with Crippen molar-refractivity contribution in [2.75, 3.05) is 26.6 Å². The fourth-order valence-corrected chi connectivity index (χ4v) is 3.75. The highest BCUT2D eigenvalue weighted by molar-refractivity contribution is 5.94. The number of rotatable bonds is 4. The minimum atomic E-state index is -0.241. The summed E-state index contributed by atoms with van der Waals surface area (Å²) >= 11 is 0. The Hall–Kier alpha value is -4.00. The van der Waals surface area contributed by atoms with Crippen LogP contribution in [0.15, 0.2) is 60.7 Å². The Bertz CT molecular complexity index is 1280. The molecule has 0 radical (unpaired) electrons. The number of anilines is 1. The lowest BCUT2D eigenvalue weighted by Crippen LogP contribution is -2.21. The highest BCUT2D eigenvalue weighted by atomic mass is 16.6. The van der Waals surface area contributed by atoms with Crippen molar-refractivity contribution in [2.24, 2.45) is 0 Å². The summed E-state index contributed by atoms with van der Waals surface area (Å²) in [4.78, 5) is 8.92. The molecule has 156 valence electrons. The number of hydrogen-bond acceptors (Lipinski definition) is 7. The first-order valence-electron chi connectivity index (χ1n) is 9.84. The molecule has 1 unspecified atom stereocenters. The van der Waals surface area contributed by atoms with Gasteiger partial charge in [-0.05, 0) is 48.0 Å². The third kappa shape index (κ3) is 3.44. The highest BCUT2D eigenvalue weighted by Gasteiger charge is 2.23. The molecule has 4 aromatic rings. The van der Waals surface area contributed by atoms with E-state index in [4.69, 9.17) is 24.7 Å².